The fourth-order valence-electron chi connectivity index (χ4n) is 3.44. The first-order valence-electron chi connectivity index (χ1n) is 9.45. The standard InChI is InChI=1S/C21H20O11/c1-29-14-3-8(2-12(25)17(14)26)20-15(31-21-19(28)18(27)16(7-22)32-21)6-10-11(24)4-9(23)5-13(10)30-20/h2-6,16,18-19,21-22,27-28H,7H2,1H3,(H3-,23,24,25,26)/p+1/t16-,18-,19+,21-/m1/s1. The first kappa shape index (κ1) is 21.7. The molecule has 0 radical (unpaired) electrons. The van der Waals surface area contributed by atoms with Crippen LogP contribution in [0.25, 0.3) is 22.3 Å². The minimum atomic E-state index is -1.51. The van der Waals surface area contributed by atoms with Crippen molar-refractivity contribution in [3.8, 4) is 45.8 Å². The van der Waals surface area contributed by atoms with Crippen LogP contribution in [0, 0.1) is 0 Å². The molecule has 0 aliphatic carbocycles. The maximum atomic E-state index is 10.2. The van der Waals surface area contributed by atoms with E-state index in [1.54, 1.807) is 0 Å². The predicted octanol–water partition coefficient (Wildman–Crippen LogP) is 1.03. The molecule has 1 fully saturated rings. The summed E-state index contributed by atoms with van der Waals surface area (Å²) in [6, 6.07) is 6.17. The Morgan fingerprint density at radius 1 is 0.938 bits per heavy atom. The summed E-state index contributed by atoms with van der Waals surface area (Å²) in [6.07, 6.45) is -5.40. The van der Waals surface area contributed by atoms with Gasteiger partial charge in [0.05, 0.1) is 25.3 Å². The van der Waals surface area contributed by atoms with Crippen LogP contribution in [-0.2, 0) is 4.74 Å². The lowest BCUT2D eigenvalue weighted by atomic mass is 10.1. The fraction of sp³-hybridized carbons (Fsp3) is 0.286. The van der Waals surface area contributed by atoms with E-state index in [0.717, 1.165) is 12.1 Å². The van der Waals surface area contributed by atoms with Crippen LogP contribution in [0.15, 0.2) is 34.7 Å². The van der Waals surface area contributed by atoms with E-state index in [1.807, 2.05) is 0 Å². The van der Waals surface area contributed by atoms with Gasteiger partial charge in [0, 0.05) is 24.3 Å². The summed E-state index contributed by atoms with van der Waals surface area (Å²) in [5, 5.41) is 69.7. The lowest BCUT2D eigenvalue weighted by Crippen LogP contribution is -2.35. The predicted molar refractivity (Wildman–Crippen MR) is 108 cm³/mol. The van der Waals surface area contributed by atoms with Crippen molar-refractivity contribution in [1.29, 1.82) is 0 Å². The molecule has 1 aliphatic rings. The third-order valence-corrected chi connectivity index (χ3v) is 5.09. The van der Waals surface area contributed by atoms with Gasteiger partial charge in [0.15, 0.2) is 11.5 Å². The summed E-state index contributed by atoms with van der Waals surface area (Å²) in [5.74, 6) is -1.83. The second kappa shape index (κ2) is 8.20. The van der Waals surface area contributed by atoms with E-state index in [4.69, 9.17) is 18.6 Å². The van der Waals surface area contributed by atoms with Gasteiger partial charge < -0.3 is 50.0 Å². The summed E-state index contributed by atoms with van der Waals surface area (Å²) >= 11 is 0. The monoisotopic (exact) mass is 449 g/mol. The minimum absolute atomic E-state index is 0.0474. The van der Waals surface area contributed by atoms with Gasteiger partial charge in [-0.2, -0.15) is 0 Å². The van der Waals surface area contributed by atoms with Gasteiger partial charge in [-0.15, -0.1) is 0 Å². The normalized spacial score (nSPS) is 22.9. The minimum Gasteiger partial charge on any atom is -0.507 e. The number of aliphatic hydroxyl groups excluding tert-OH is 3. The molecule has 3 aromatic rings. The molecule has 1 saturated heterocycles. The Kier molecular flexibility index (Phi) is 5.57. The number of hydrogen-bond donors (Lipinski definition) is 7. The summed E-state index contributed by atoms with van der Waals surface area (Å²) in [4.78, 5) is 0. The number of hydrogen-bond acceptors (Lipinski definition) is 10. The highest BCUT2D eigenvalue weighted by Crippen LogP contribution is 2.45. The third kappa shape index (κ3) is 3.67. The van der Waals surface area contributed by atoms with E-state index < -0.39 is 42.7 Å². The fourth-order valence-corrected chi connectivity index (χ4v) is 3.44. The summed E-state index contributed by atoms with van der Waals surface area (Å²) < 4.78 is 21.9. The van der Waals surface area contributed by atoms with Crippen molar-refractivity contribution in [1.82, 2.24) is 0 Å². The molecule has 4 atom stereocenters. The zero-order valence-electron chi connectivity index (χ0n) is 16.7. The molecular weight excluding hydrogens is 428 g/mol. The van der Waals surface area contributed by atoms with Gasteiger partial charge in [-0.25, -0.2) is 4.42 Å². The van der Waals surface area contributed by atoms with E-state index in [2.05, 4.69) is 0 Å². The first-order valence-corrected chi connectivity index (χ1v) is 9.45. The lowest BCUT2D eigenvalue weighted by Gasteiger charge is -2.16. The van der Waals surface area contributed by atoms with Crippen molar-refractivity contribution in [2.75, 3.05) is 13.7 Å². The quantitative estimate of drug-likeness (QED) is 0.218. The molecule has 0 bridgehead atoms. The number of phenolic OH excluding ortho intramolecular Hbond substituents is 4. The molecule has 170 valence electrons. The molecular formula is C21H21O11+. The largest absolute Gasteiger partial charge is 0.507 e. The number of aliphatic hydroxyl groups is 3. The van der Waals surface area contributed by atoms with Crippen molar-refractivity contribution < 1.29 is 54.4 Å². The van der Waals surface area contributed by atoms with Gasteiger partial charge >= 0.3 is 11.3 Å². The van der Waals surface area contributed by atoms with Gasteiger partial charge in [-0.05, 0) is 0 Å². The van der Waals surface area contributed by atoms with Crippen molar-refractivity contribution in [3.05, 3.63) is 30.3 Å². The number of ether oxygens (including phenoxy) is 3. The van der Waals surface area contributed by atoms with Crippen LogP contribution in [0.2, 0.25) is 0 Å². The second-order valence-corrected chi connectivity index (χ2v) is 7.19. The molecule has 4 rings (SSSR count). The van der Waals surface area contributed by atoms with E-state index in [9.17, 15) is 35.7 Å². The Balaban J connectivity index is 1.88. The number of aromatic hydroxyl groups is 4. The van der Waals surface area contributed by atoms with Gasteiger partial charge in [-0.1, -0.05) is 0 Å². The van der Waals surface area contributed by atoms with E-state index in [-0.39, 0.29) is 45.3 Å². The Hall–Kier alpha value is -3.51. The number of phenols is 4. The molecule has 0 saturated carbocycles. The van der Waals surface area contributed by atoms with Gasteiger partial charge in [0.2, 0.25) is 17.8 Å². The molecule has 32 heavy (non-hydrogen) atoms. The van der Waals surface area contributed by atoms with E-state index in [1.165, 1.54) is 25.3 Å². The first-order chi connectivity index (χ1) is 15.2. The average Bonchev–Trinajstić information content (AvgIpc) is 3.03. The summed E-state index contributed by atoms with van der Waals surface area (Å²) in [5.41, 5.74) is 0.223. The Labute approximate surface area is 180 Å². The lowest BCUT2D eigenvalue weighted by molar-refractivity contribution is -0.116. The third-order valence-electron chi connectivity index (χ3n) is 5.09. The Morgan fingerprint density at radius 2 is 1.69 bits per heavy atom. The number of fused-ring (bicyclic) bond motifs is 1. The van der Waals surface area contributed by atoms with Crippen LogP contribution >= 0.6 is 0 Å². The number of benzene rings is 2. The highest BCUT2D eigenvalue weighted by atomic mass is 16.7. The van der Waals surface area contributed by atoms with Gasteiger partial charge in [0.1, 0.15) is 35.2 Å². The van der Waals surface area contributed by atoms with Crippen molar-refractivity contribution >= 4 is 11.0 Å². The molecule has 7 N–H and O–H groups in total. The topological polar surface area (TPSA) is 181 Å². The molecule has 2 heterocycles. The molecule has 11 heteroatoms. The maximum Gasteiger partial charge on any atom is 0.402 e. The van der Waals surface area contributed by atoms with Crippen LogP contribution in [0.3, 0.4) is 0 Å². The van der Waals surface area contributed by atoms with Crippen LogP contribution in [0.4, 0.5) is 0 Å². The smallest absolute Gasteiger partial charge is 0.402 e. The van der Waals surface area contributed by atoms with Crippen molar-refractivity contribution in [2.24, 2.45) is 0 Å². The Morgan fingerprint density at radius 3 is 2.34 bits per heavy atom. The number of methoxy groups -OCH3 is 1. The van der Waals surface area contributed by atoms with E-state index in [0.29, 0.717) is 0 Å². The van der Waals surface area contributed by atoms with Crippen molar-refractivity contribution in [2.45, 2.75) is 24.6 Å². The van der Waals surface area contributed by atoms with Crippen LogP contribution in [-0.4, -0.2) is 74.1 Å². The molecule has 1 aliphatic heterocycles. The SMILES string of the molecule is COc1cc(-c2[o+]c3cc(O)cc(O)c3cc2O[C@@H]2O[C@H](CO)[C@@H](O)[C@@H]2O)cc(O)c1O. The summed E-state index contributed by atoms with van der Waals surface area (Å²) in [7, 11) is 1.28. The molecule has 0 unspecified atom stereocenters. The highest BCUT2D eigenvalue weighted by molar-refractivity contribution is 5.88. The van der Waals surface area contributed by atoms with Crippen LogP contribution < -0.4 is 9.47 Å². The van der Waals surface area contributed by atoms with E-state index >= 15 is 0 Å². The molecule has 0 spiro atoms. The van der Waals surface area contributed by atoms with Crippen LogP contribution in [0.5, 0.6) is 34.5 Å². The molecule has 1 aromatic heterocycles. The maximum absolute atomic E-state index is 10.2. The van der Waals surface area contributed by atoms with Crippen LogP contribution in [0.1, 0.15) is 0 Å². The highest BCUT2D eigenvalue weighted by Gasteiger charge is 2.45. The van der Waals surface area contributed by atoms with Crippen molar-refractivity contribution in [3.63, 3.8) is 0 Å². The molecule has 0 amide bonds. The van der Waals surface area contributed by atoms with Gasteiger partial charge in [-0.3, -0.25) is 0 Å². The molecule has 2 aromatic carbocycles. The molecule has 11 nitrogen and oxygen atoms in total. The summed E-state index contributed by atoms with van der Waals surface area (Å²) in [6.45, 7) is -0.559. The second-order valence-electron chi connectivity index (χ2n) is 7.19. The van der Waals surface area contributed by atoms with Gasteiger partial charge in [0.25, 0.3) is 0 Å². The number of rotatable bonds is 5. The average molecular weight is 449 g/mol. The Bertz CT molecular complexity index is 1160. The zero-order valence-corrected chi connectivity index (χ0v) is 16.7. The zero-order chi connectivity index (χ0) is 23.2.